The highest BCUT2D eigenvalue weighted by atomic mass is 19.1. The lowest BCUT2D eigenvalue weighted by atomic mass is 9.74. The number of benzene rings is 2. The van der Waals surface area contributed by atoms with E-state index in [1.165, 1.54) is 6.07 Å². The number of fused-ring (bicyclic) bond motifs is 2. The van der Waals surface area contributed by atoms with Crippen LogP contribution in [-0.2, 0) is 14.9 Å². The van der Waals surface area contributed by atoms with E-state index in [1.807, 2.05) is 10.6 Å². The fourth-order valence-electron chi connectivity index (χ4n) is 5.99. The molecule has 5 rings (SSSR count). The monoisotopic (exact) mass is 495 g/mol. The number of aromatic nitrogens is 3. The van der Waals surface area contributed by atoms with Crippen LogP contribution in [0.1, 0.15) is 62.3 Å². The van der Waals surface area contributed by atoms with Crippen molar-refractivity contribution in [2.75, 3.05) is 13.7 Å². The largest absolute Gasteiger partial charge is 0.481 e. The van der Waals surface area contributed by atoms with Gasteiger partial charge >= 0.3 is 5.97 Å². The molecule has 4 aromatic rings. The number of methoxy groups -OCH3 is 1. The van der Waals surface area contributed by atoms with E-state index in [0.717, 1.165) is 16.9 Å². The lowest BCUT2D eigenvalue weighted by Crippen LogP contribution is -2.29. The van der Waals surface area contributed by atoms with Gasteiger partial charge in [0.25, 0.3) is 0 Å². The number of carboxylic acid groups (broad SMARTS) is 1. The van der Waals surface area contributed by atoms with Crippen LogP contribution < -0.4 is 0 Å². The zero-order valence-corrected chi connectivity index (χ0v) is 21.0. The van der Waals surface area contributed by atoms with Crippen molar-refractivity contribution in [1.82, 2.24) is 14.8 Å². The molecule has 2 heterocycles. The van der Waals surface area contributed by atoms with Crippen LogP contribution in [0.4, 0.5) is 8.78 Å². The van der Waals surface area contributed by atoms with Gasteiger partial charge in [0, 0.05) is 34.7 Å². The number of aromatic amines is 1. The number of hydrogen-bond acceptors (Lipinski definition) is 3. The van der Waals surface area contributed by atoms with Crippen molar-refractivity contribution in [3.05, 3.63) is 58.9 Å². The topological polar surface area (TPSA) is 80.1 Å². The highest BCUT2D eigenvalue weighted by molar-refractivity contribution is 6.00. The number of nitrogens with zero attached hydrogens (tertiary/aromatic N) is 2. The molecule has 1 fully saturated rings. The molecule has 0 bridgehead atoms. The minimum Gasteiger partial charge on any atom is -0.481 e. The van der Waals surface area contributed by atoms with Gasteiger partial charge in [-0.3, -0.25) is 9.89 Å². The number of hydrogen-bond donors (Lipinski definition) is 2. The summed E-state index contributed by atoms with van der Waals surface area (Å²) in [5.74, 6) is -1.85. The van der Waals surface area contributed by atoms with E-state index in [4.69, 9.17) is 4.74 Å². The molecule has 8 heteroatoms. The molecule has 0 saturated heterocycles. The Morgan fingerprint density at radius 1 is 1.22 bits per heavy atom. The molecule has 1 aliphatic rings. The SMILES string of the molecule is COCC(C)(C)c1c(C2CCC(C(=O)O)CC2)c2c(F)c3[nH]ncc3cc2n1-c1ccc(F)c(C)c1. The maximum atomic E-state index is 16.3. The number of halogens is 2. The molecule has 36 heavy (non-hydrogen) atoms. The van der Waals surface area contributed by atoms with Gasteiger partial charge in [-0.2, -0.15) is 5.10 Å². The van der Waals surface area contributed by atoms with E-state index in [0.29, 0.717) is 59.7 Å². The smallest absolute Gasteiger partial charge is 0.306 e. The maximum Gasteiger partial charge on any atom is 0.306 e. The number of carbonyl (C=O) groups is 1. The Morgan fingerprint density at radius 2 is 1.94 bits per heavy atom. The third-order valence-electron chi connectivity index (χ3n) is 7.68. The first-order valence-corrected chi connectivity index (χ1v) is 12.3. The van der Waals surface area contributed by atoms with Crippen molar-refractivity contribution in [3.63, 3.8) is 0 Å². The summed E-state index contributed by atoms with van der Waals surface area (Å²) in [6.45, 7) is 6.24. The summed E-state index contributed by atoms with van der Waals surface area (Å²) < 4.78 is 38.2. The van der Waals surface area contributed by atoms with Crippen LogP contribution in [0.5, 0.6) is 0 Å². The summed E-state index contributed by atoms with van der Waals surface area (Å²) in [7, 11) is 1.64. The minimum atomic E-state index is -0.775. The fraction of sp³-hybridized carbons (Fsp3) is 0.429. The van der Waals surface area contributed by atoms with E-state index in [2.05, 4.69) is 24.0 Å². The van der Waals surface area contributed by atoms with Crippen molar-refractivity contribution < 1.29 is 23.4 Å². The molecule has 1 saturated carbocycles. The second kappa shape index (κ2) is 9.00. The Labute approximate surface area is 208 Å². The van der Waals surface area contributed by atoms with Gasteiger partial charge in [0.15, 0.2) is 5.82 Å². The van der Waals surface area contributed by atoms with Gasteiger partial charge in [-0.1, -0.05) is 13.8 Å². The number of aryl methyl sites for hydroxylation is 1. The first-order chi connectivity index (χ1) is 17.1. The summed E-state index contributed by atoms with van der Waals surface area (Å²) in [6, 6.07) is 6.86. The number of rotatable bonds is 6. The molecule has 0 radical (unpaired) electrons. The Kier molecular flexibility index (Phi) is 6.11. The van der Waals surface area contributed by atoms with Gasteiger partial charge in [-0.15, -0.1) is 0 Å². The van der Waals surface area contributed by atoms with Crippen molar-refractivity contribution in [1.29, 1.82) is 0 Å². The van der Waals surface area contributed by atoms with Crippen LogP contribution in [0.15, 0.2) is 30.5 Å². The molecule has 2 aromatic heterocycles. The van der Waals surface area contributed by atoms with Gasteiger partial charge < -0.3 is 14.4 Å². The molecule has 0 unspecified atom stereocenters. The van der Waals surface area contributed by atoms with Crippen molar-refractivity contribution in [2.24, 2.45) is 5.92 Å². The first-order valence-electron chi connectivity index (χ1n) is 12.3. The summed E-state index contributed by atoms with van der Waals surface area (Å²) in [4.78, 5) is 11.6. The summed E-state index contributed by atoms with van der Waals surface area (Å²) >= 11 is 0. The standard InChI is InChI=1S/C28H31F2N3O3/c1-15-11-19(9-10-20(15)29)33-21-12-18-13-31-32-25(18)24(30)23(21)22(26(33)28(2,3)14-36-4)16-5-7-17(8-6-16)27(34)35/h9-13,16-17H,5-8,14H2,1-4H3,(H,31,32)(H,34,35). The highest BCUT2D eigenvalue weighted by Gasteiger charge is 2.38. The van der Waals surface area contributed by atoms with Crippen LogP contribution in [0.25, 0.3) is 27.5 Å². The normalized spacial score (nSPS) is 18.8. The van der Waals surface area contributed by atoms with E-state index in [-0.39, 0.29) is 23.5 Å². The van der Waals surface area contributed by atoms with Gasteiger partial charge in [-0.05, 0) is 73.9 Å². The molecule has 1 aliphatic carbocycles. The Hall–Kier alpha value is -3.26. The lowest BCUT2D eigenvalue weighted by molar-refractivity contribution is -0.142. The third-order valence-corrected chi connectivity index (χ3v) is 7.68. The molecular weight excluding hydrogens is 464 g/mol. The molecule has 190 valence electrons. The van der Waals surface area contributed by atoms with Gasteiger partial charge in [0.1, 0.15) is 11.3 Å². The zero-order valence-electron chi connectivity index (χ0n) is 21.0. The summed E-state index contributed by atoms with van der Waals surface area (Å²) in [5.41, 5.74) is 3.53. The molecular formula is C28H31F2N3O3. The Morgan fingerprint density at radius 3 is 2.58 bits per heavy atom. The lowest BCUT2D eigenvalue weighted by Gasteiger charge is -2.32. The Bertz CT molecular complexity index is 1460. The van der Waals surface area contributed by atoms with Crippen LogP contribution >= 0.6 is 0 Å². The molecule has 0 atom stereocenters. The minimum absolute atomic E-state index is 0.0214. The fourth-order valence-corrected chi connectivity index (χ4v) is 5.99. The highest BCUT2D eigenvalue weighted by Crippen LogP contribution is 2.48. The molecule has 6 nitrogen and oxygen atoms in total. The van der Waals surface area contributed by atoms with Gasteiger partial charge in [-0.25, -0.2) is 8.78 Å². The number of H-pyrrole nitrogens is 1. The van der Waals surface area contributed by atoms with Crippen LogP contribution in [0.2, 0.25) is 0 Å². The summed E-state index contributed by atoms with van der Waals surface area (Å²) in [6.07, 6.45) is 3.98. The third kappa shape index (κ3) is 3.88. The number of carboxylic acids is 1. The van der Waals surface area contributed by atoms with Crippen molar-refractivity contribution in [3.8, 4) is 5.69 Å². The molecule has 2 N–H and O–H groups in total. The molecule has 0 aliphatic heterocycles. The average Bonchev–Trinajstić information content (AvgIpc) is 3.45. The Balaban J connectivity index is 1.87. The maximum absolute atomic E-state index is 16.3. The van der Waals surface area contributed by atoms with Crippen molar-refractivity contribution in [2.45, 2.75) is 57.8 Å². The van der Waals surface area contributed by atoms with Crippen LogP contribution in [0.3, 0.4) is 0 Å². The molecule has 2 aromatic carbocycles. The first kappa shape index (κ1) is 24.4. The van der Waals surface area contributed by atoms with Gasteiger partial charge in [0.05, 0.1) is 24.2 Å². The second-order valence-corrected chi connectivity index (χ2v) is 10.7. The quantitative estimate of drug-likeness (QED) is 0.325. The van der Waals surface area contributed by atoms with E-state index >= 15 is 4.39 Å². The predicted molar refractivity (Wildman–Crippen MR) is 135 cm³/mol. The summed E-state index contributed by atoms with van der Waals surface area (Å²) in [5, 5.41) is 17.5. The zero-order chi connectivity index (χ0) is 25.8. The predicted octanol–water partition coefficient (Wildman–Crippen LogP) is 6.38. The van der Waals surface area contributed by atoms with E-state index < -0.39 is 11.4 Å². The second-order valence-electron chi connectivity index (χ2n) is 10.7. The van der Waals surface area contributed by atoms with E-state index in [9.17, 15) is 14.3 Å². The van der Waals surface area contributed by atoms with Crippen LogP contribution in [-0.4, -0.2) is 39.6 Å². The van der Waals surface area contributed by atoms with Gasteiger partial charge in [0.2, 0.25) is 0 Å². The van der Waals surface area contributed by atoms with Crippen LogP contribution in [0, 0.1) is 24.5 Å². The molecule has 0 spiro atoms. The number of ether oxygens (including phenoxy) is 1. The average molecular weight is 496 g/mol. The number of aliphatic carboxylic acids is 1. The van der Waals surface area contributed by atoms with Crippen molar-refractivity contribution >= 4 is 27.8 Å². The number of nitrogens with one attached hydrogen (secondary N) is 1. The van der Waals surface area contributed by atoms with E-state index in [1.54, 1.807) is 32.4 Å². The molecule has 0 amide bonds.